The second-order valence-electron chi connectivity index (χ2n) is 4.15. The number of hydrogen-bond acceptors (Lipinski definition) is 6. The molecule has 0 atom stereocenters. The molecule has 1 aromatic carbocycles. The first kappa shape index (κ1) is 32.7. The van der Waals surface area contributed by atoms with Gasteiger partial charge in [0.2, 0.25) is 0 Å². The van der Waals surface area contributed by atoms with Crippen LogP contribution >= 0.6 is 0 Å². The molecule has 0 aliphatic rings. The fourth-order valence-corrected chi connectivity index (χ4v) is 2.04. The standard InChI is InChI=1S/C12H20NO3.BH2O3.3Na.3H/c14-9-6-13(7-10-15,8-11-16)12-4-2-1-3-5-12;2-1(3)4;;;;;;/h1-5,14-16H,6-11H2;2-3H;;;;;;/q+1;-1;3*+1;3*-1. The summed E-state index contributed by atoms with van der Waals surface area (Å²) in [6.45, 7) is 1.63. The molecule has 0 aliphatic heterocycles. The van der Waals surface area contributed by atoms with Gasteiger partial charge in [0.05, 0.1) is 19.8 Å². The largest absolute Gasteiger partial charge is 1.00 e. The van der Waals surface area contributed by atoms with E-state index < -0.39 is 7.32 Å². The molecular formula is C12H25BNNa3O6. The molecule has 0 bridgehead atoms. The fraction of sp³-hybridized carbons (Fsp3) is 0.500. The summed E-state index contributed by atoms with van der Waals surface area (Å²) in [5, 5.41) is 50.2. The van der Waals surface area contributed by atoms with E-state index in [2.05, 4.69) is 0 Å². The van der Waals surface area contributed by atoms with Crippen molar-refractivity contribution in [3.05, 3.63) is 30.3 Å². The van der Waals surface area contributed by atoms with E-state index in [4.69, 9.17) is 30.4 Å². The van der Waals surface area contributed by atoms with Gasteiger partial charge in [0.25, 0.3) is 0 Å². The maximum Gasteiger partial charge on any atom is 1.00 e. The van der Waals surface area contributed by atoms with E-state index in [0.29, 0.717) is 24.1 Å². The summed E-state index contributed by atoms with van der Waals surface area (Å²) in [5.41, 5.74) is 1.01. The molecule has 23 heavy (non-hydrogen) atoms. The third-order valence-electron chi connectivity index (χ3n) is 2.89. The second-order valence-corrected chi connectivity index (χ2v) is 4.15. The molecule has 11 heteroatoms. The maximum atomic E-state index is 9.14. The van der Waals surface area contributed by atoms with Crippen LogP contribution in [0.1, 0.15) is 4.28 Å². The Morgan fingerprint density at radius 3 is 1.39 bits per heavy atom. The Morgan fingerprint density at radius 2 is 1.13 bits per heavy atom. The van der Waals surface area contributed by atoms with Gasteiger partial charge < -0.3 is 34.7 Å². The SMILES string of the molecule is OCC[N+](CCO)(CCO)c1ccccc1.[H-].[H-].[H-].[Na+].[Na+].[Na+].[O-]B(O)O. The number of aliphatic hydroxyl groups is 3. The molecule has 0 radical (unpaired) electrons. The minimum Gasteiger partial charge on any atom is -1.00 e. The first-order valence-corrected chi connectivity index (χ1v) is 6.28. The quantitative estimate of drug-likeness (QED) is 0.243. The number of quaternary nitrogens is 1. The van der Waals surface area contributed by atoms with E-state index in [0.717, 1.165) is 5.69 Å². The third kappa shape index (κ3) is 14.8. The maximum absolute atomic E-state index is 9.14. The van der Waals surface area contributed by atoms with Crippen LogP contribution in [-0.2, 0) is 0 Å². The van der Waals surface area contributed by atoms with Gasteiger partial charge >= 0.3 is 96.0 Å². The van der Waals surface area contributed by atoms with E-state index in [1.165, 1.54) is 0 Å². The van der Waals surface area contributed by atoms with Crippen molar-refractivity contribution in [2.24, 2.45) is 0 Å². The van der Waals surface area contributed by atoms with Crippen LogP contribution < -0.4 is 98.2 Å². The van der Waals surface area contributed by atoms with Crippen molar-refractivity contribution in [1.82, 2.24) is 4.48 Å². The predicted octanol–water partition coefficient (Wildman–Crippen LogP) is -11.4. The smallest absolute Gasteiger partial charge is 1.00 e. The van der Waals surface area contributed by atoms with E-state index in [1.54, 1.807) is 0 Å². The van der Waals surface area contributed by atoms with Gasteiger partial charge in [-0.3, -0.25) is 4.48 Å². The van der Waals surface area contributed by atoms with E-state index >= 15 is 0 Å². The Balaban J connectivity index is -0.0000000660. The van der Waals surface area contributed by atoms with Crippen molar-refractivity contribution in [2.45, 2.75) is 0 Å². The van der Waals surface area contributed by atoms with Gasteiger partial charge in [-0.1, -0.05) is 18.2 Å². The molecular weight excluding hydrogens is 334 g/mol. The summed E-state index contributed by atoms with van der Waals surface area (Å²) >= 11 is 0. The summed E-state index contributed by atoms with van der Waals surface area (Å²) in [5.74, 6) is 0. The summed E-state index contributed by atoms with van der Waals surface area (Å²) in [6, 6.07) is 9.69. The van der Waals surface area contributed by atoms with E-state index in [-0.39, 0.29) is 113 Å². The number of para-hydroxylation sites is 1. The molecule has 0 spiro atoms. The number of aliphatic hydroxyl groups excluding tert-OH is 3. The number of rotatable bonds is 7. The average molecular weight is 359 g/mol. The molecule has 0 saturated heterocycles. The molecule has 0 aromatic heterocycles. The summed E-state index contributed by atoms with van der Waals surface area (Å²) in [4.78, 5) is 0. The molecule has 0 fully saturated rings. The van der Waals surface area contributed by atoms with Crippen LogP contribution in [0.2, 0.25) is 0 Å². The molecule has 0 saturated carbocycles. The van der Waals surface area contributed by atoms with Crippen molar-refractivity contribution >= 4 is 13.0 Å². The molecule has 1 rings (SSSR count). The van der Waals surface area contributed by atoms with Crippen LogP contribution in [0.5, 0.6) is 0 Å². The van der Waals surface area contributed by atoms with Crippen molar-refractivity contribution in [1.29, 1.82) is 0 Å². The number of benzene rings is 1. The van der Waals surface area contributed by atoms with Crippen molar-refractivity contribution < 1.29 is 123 Å². The van der Waals surface area contributed by atoms with Gasteiger partial charge in [-0.2, -0.15) is 0 Å². The van der Waals surface area contributed by atoms with Gasteiger partial charge in [-0.25, -0.2) is 0 Å². The van der Waals surface area contributed by atoms with E-state index in [1.807, 2.05) is 30.3 Å². The van der Waals surface area contributed by atoms with E-state index in [9.17, 15) is 0 Å². The molecule has 7 nitrogen and oxygen atoms in total. The minimum absolute atomic E-state index is 0. The predicted molar refractivity (Wildman–Crippen MR) is 77.6 cm³/mol. The van der Waals surface area contributed by atoms with Crippen molar-refractivity contribution in [2.75, 3.05) is 39.5 Å². The van der Waals surface area contributed by atoms with Gasteiger partial charge in [0, 0.05) is 0 Å². The Bertz CT molecular complexity index is 344. The van der Waals surface area contributed by atoms with Crippen LogP contribution in [0.4, 0.5) is 5.69 Å². The van der Waals surface area contributed by atoms with Crippen molar-refractivity contribution in [3.63, 3.8) is 0 Å². The summed E-state index contributed by atoms with van der Waals surface area (Å²) < 4.78 is 0.421. The average Bonchev–Trinajstić information content (AvgIpc) is 2.40. The molecule has 0 amide bonds. The Morgan fingerprint density at radius 1 is 0.826 bits per heavy atom. The Hall–Kier alpha value is 2.00. The first-order chi connectivity index (χ1) is 9.52. The van der Waals surface area contributed by atoms with Crippen LogP contribution in [0.15, 0.2) is 30.3 Å². The summed E-state index contributed by atoms with van der Waals surface area (Å²) in [7, 11) is -2.42. The zero-order valence-corrected chi connectivity index (χ0v) is 20.3. The van der Waals surface area contributed by atoms with Crippen LogP contribution in [0, 0.1) is 0 Å². The first-order valence-electron chi connectivity index (χ1n) is 6.28. The monoisotopic (exact) mass is 359 g/mol. The minimum atomic E-state index is -2.42. The molecule has 0 aliphatic carbocycles. The molecule has 120 valence electrons. The molecule has 0 heterocycles. The molecule has 0 unspecified atom stereocenters. The molecule has 1 aromatic rings. The Kier molecular flexibility index (Phi) is 28.9. The number of nitrogens with zero attached hydrogens (tertiary/aromatic N) is 1. The van der Waals surface area contributed by atoms with Crippen LogP contribution in [0.3, 0.4) is 0 Å². The van der Waals surface area contributed by atoms with Gasteiger partial charge in [0.1, 0.15) is 25.3 Å². The topological polar surface area (TPSA) is 124 Å². The van der Waals surface area contributed by atoms with Crippen molar-refractivity contribution in [3.8, 4) is 0 Å². The zero-order chi connectivity index (χ0) is 15.4. The van der Waals surface area contributed by atoms with Gasteiger partial charge in [-0.05, 0) is 12.1 Å². The zero-order valence-electron chi connectivity index (χ0n) is 17.3. The fourth-order valence-electron chi connectivity index (χ4n) is 2.04. The van der Waals surface area contributed by atoms with Gasteiger partial charge in [-0.15, -0.1) is 0 Å². The number of hydrogen-bond donors (Lipinski definition) is 5. The summed E-state index contributed by atoms with van der Waals surface area (Å²) in [6.07, 6.45) is 0. The van der Waals surface area contributed by atoms with Crippen LogP contribution in [-0.4, -0.2) is 72.1 Å². The normalized spacial score (nSPS) is 9.30. The molecule has 5 N–H and O–H groups in total. The third-order valence-corrected chi connectivity index (χ3v) is 2.89. The Labute approximate surface area is 208 Å². The second kappa shape index (κ2) is 20.3. The van der Waals surface area contributed by atoms with Crippen LogP contribution in [0.25, 0.3) is 0 Å². The van der Waals surface area contributed by atoms with Gasteiger partial charge in [0.15, 0.2) is 0 Å².